The molecule has 92 valence electrons. The van der Waals surface area contributed by atoms with Crippen LogP contribution >= 0.6 is 0 Å². The zero-order chi connectivity index (χ0) is 11.8. The van der Waals surface area contributed by atoms with Crippen LogP contribution in [-0.4, -0.2) is 43.5 Å². The Morgan fingerprint density at radius 2 is 2.38 bits per heavy atom. The molecule has 1 rings (SSSR count). The number of rotatable bonds is 6. The largest absolute Gasteiger partial charge is 0.396 e. The SMILES string of the molecule is CCOCCNC(=O)N[C@@H]1C=C[C@H](CO)C1. The Balaban J connectivity index is 2.09. The van der Waals surface area contributed by atoms with E-state index in [1.807, 2.05) is 19.1 Å². The quantitative estimate of drug-likeness (QED) is 0.451. The number of carbonyl (C=O) groups is 1. The van der Waals surface area contributed by atoms with Crippen LogP contribution in [0.5, 0.6) is 0 Å². The van der Waals surface area contributed by atoms with Crippen LogP contribution in [0.1, 0.15) is 13.3 Å². The van der Waals surface area contributed by atoms with Crippen LogP contribution in [0.2, 0.25) is 0 Å². The highest BCUT2D eigenvalue weighted by Crippen LogP contribution is 2.16. The van der Waals surface area contributed by atoms with Gasteiger partial charge in [-0.25, -0.2) is 4.79 Å². The number of carbonyl (C=O) groups excluding carboxylic acids is 1. The first-order valence-electron chi connectivity index (χ1n) is 5.67. The Labute approximate surface area is 95.9 Å². The van der Waals surface area contributed by atoms with Crippen LogP contribution < -0.4 is 10.6 Å². The molecule has 2 amide bonds. The van der Waals surface area contributed by atoms with Crippen molar-refractivity contribution in [3.8, 4) is 0 Å². The van der Waals surface area contributed by atoms with E-state index in [2.05, 4.69) is 10.6 Å². The molecule has 0 saturated heterocycles. The Morgan fingerprint density at radius 1 is 1.56 bits per heavy atom. The van der Waals surface area contributed by atoms with Gasteiger partial charge < -0.3 is 20.5 Å². The summed E-state index contributed by atoms with van der Waals surface area (Å²) >= 11 is 0. The molecule has 0 aromatic rings. The Hall–Kier alpha value is -1.07. The van der Waals surface area contributed by atoms with Gasteiger partial charge in [-0.1, -0.05) is 12.2 Å². The third-order valence-electron chi connectivity index (χ3n) is 2.46. The van der Waals surface area contributed by atoms with Gasteiger partial charge in [-0.05, 0) is 13.3 Å². The maximum Gasteiger partial charge on any atom is 0.315 e. The first-order valence-corrected chi connectivity index (χ1v) is 5.67. The van der Waals surface area contributed by atoms with E-state index >= 15 is 0 Å². The third kappa shape index (κ3) is 4.63. The third-order valence-corrected chi connectivity index (χ3v) is 2.46. The number of urea groups is 1. The van der Waals surface area contributed by atoms with E-state index in [1.165, 1.54) is 0 Å². The lowest BCUT2D eigenvalue weighted by atomic mass is 10.1. The lowest BCUT2D eigenvalue weighted by Crippen LogP contribution is -2.42. The molecule has 2 atom stereocenters. The van der Waals surface area contributed by atoms with Gasteiger partial charge in [-0.3, -0.25) is 0 Å². The van der Waals surface area contributed by atoms with E-state index in [-0.39, 0.29) is 24.6 Å². The lowest BCUT2D eigenvalue weighted by molar-refractivity contribution is 0.149. The topological polar surface area (TPSA) is 70.6 Å². The molecule has 0 bridgehead atoms. The van der Waals surface area contributed by atoms with Gasteiger partial charge in [0.1, 0.15) is 0 Å². The van der Waals surface area contributed by atoms with E-state index in [1.54, 1.807) is 0 Å². The summed E-state index contributed by atoms with van der Waals surface area (Å²) in [4.78, 5) is 11.4. The molecular weight excluding hydrogens is 208 g/mol. The van der Waals surface area contributed by atoms with Crippen molar-refractivity contribution in [2.75, 3.05) is 26.4 Å². The molecule has 0 saturated carbocycles. The van der Waals surface area contributed by atoms with Gasteiger partial charge in [0, 0.05) is 31.7 Å². The smallest absolute Gasteiger partial charge is 0.315 e. The van der Waals surface area contributed by atoms with Crippen LogP contribution in [0.4, 0.5) is 4.79 Å². The predicted octanol–water partition coefficient (Wildman–Crippen LogP) is 0.259. The molecule has 0 aromatic heterocycles. The maximum absolute atomic E-state index is 11.4. The number of aliphatic hydroxyl groups excluding tert-OH is 1. The number of ether oxygens (including phenoxy) is 1. The summed E-state index contributed by atoms with van der Waals surface area (Å²) in [7, 11) is 0. The van der Waals surface area contributed by atoms with Crippen molar-refractivity contribution in [1.29, 1.82) is 0 Å². The molecule has 0 aliphatic heterocycles. The molecule has 0 radical (unpaired) electrons. The number of hydrogen-bond acceptors (Lipinski definition) is 3. The summed E-state index contributed by atoms with van der Waals surface area (Å²) < 4.78 is 5.10. The second-order valence-electron chi connectivity index (χ2n) is 3.77. The van der Waals surface area contributed by atoms with Crippen molar-refractivity contribution >= 4 is 6.03 Å². The van der Waals surface area contributed by atoms with Gasteiger partial charge in [0.05, 0.1) is 6.61 Å². The van der Waals surface area contributed by atoms with Crippen molar-refractivity contribution in [3.05, 3.63) is 12.2 Å². The summed E-state index contributed by atoms with van der Waals surface area (Å²) in [5.74, 6) is 0.175. The van der Waals surface area contributed by atoms with Gasteiger partial charge in [0.2, 0.25) is 0 Å². The van der Waals surface area contributed by atoms with Crippen molar-refractivity contribution in [2.45, 2.75) is 19.4 Å². The zero-order valence-corrected chi connectivity index (χ0v) is 9.61. The fraction of sp³-hybridized carbons (Fsp3) is 0.727. The average molecular weight is 228 g/mol. The fourth-order valence-corrected chi connectivity index (χ4v) is 1.62. The first kappa shape index (κ1) is 13.0. The molecule has 0 unspecified atom stereocenters. The number of aliphatic hydroxyl groups is 1. The van der Waals surface area contributed by atoms with E-state index < -0.39 is 0 Å². The second-order valence-corrected chi connectivity index (χ2v) is 3.77. The molecule has 3 N–H and O–H groups in total. The standard InChI is InChI=1S/C11H20N2O3/c1-2-16-6-5-12-11(15)13-10-4-3-9(7-10)8-14/h3-4,9-10,14H,2,5-8H2,1H3,(H2,12,13,15)/t9-,10+/m0/s1. The van der Waals surface area contributed by atoms with E-state index in [0.717, 1.165) is 6.42 Å². The Bertz CT molecular complexity index is 243. The first-order chi connectivity index (χ1) is 7.76. The van der Waals surface area contributed by atoms with Crippen molar-refractivity contribution in [2.24, 2.45) is 5.92 Å². The van der Waals surface area contributed by atoms with Crippen molar-refractivity contribution < 1.29 is 14.6 Å². The van der Waals surface area contributed by atoms with Crippen LogP contribution in [0.3, 0.4) is 0 Å². The molecule has 5 nitrogen and oxygen atoms in total. The molecule has 0 fully saturated rings. The highest BCUT2D eigenvalue weighted by Gasteiger charge is 2.19. The van der Waals surface area contributed by atoms with Gasteiger partial charge in [0.25, 0.3) is 0 Å². The van der Waals surface area contributed by atoms with Crippen LogP contribution in [-0.2, 0) is 4.74 Å². The van der Waals surface area contributed by atoms with Gasteiger partial charge in [0.15, 0.2) is 0 Å². The number of amides is 2. The summed E-state index contributed by atoms with van der Waals surface area (Å²) in [5, 5.41) is 14.4. The normalized spacial score (nSPS) is 23.4. The molecule has 16 heavy (non-hydrogen) atoms. The highest BCUT2D eigenvalue weighted by molar-refractivity contribution is 5.74. The second kappa shape index (κ2) is 7.24. The van der Waals surface area contributed by atoms with E-state index in [9.17, 15) is 4.79 Å². The molecule has 0 spiro atoms. The van der Waals surface area contributed by atoms with Gasteiger partial charge in [-0.2, -0.15) is 0 Å². The number of nitrogens with one attached hydrogen (secondary N) is 2. The van der Waals surface area contributed by atoms with E-state index in [0.29, 0.717) is 19.8 Å². The minimum Gasteiger partial charge on any atom is -0.396 e. The Morgan fingerprint density at radius 3 is 3.00 bits per heavy atom. The summed E-state index contributed by atoms with van der Waals surface area (Å²) in [6.45, 7) is 3.76. The molecule has 5 heteroatoms. The monoisotopic (exact) mass is 228 g/mol. The Kier molecular flexibility index (Phi) is 5.88. The maximum atomic E-state index is 11.4. The molecule has 1 aliphatic carbocycles. The molecule has 0 aromatic carbocycles. The zero-order valence-electron chi connectivity index (χ0n) is 9.61. The van der Waals surface area contributed by atoms with Gasteiger partial charge >= 0.3 is 6.03 Å². The summed E-state index contributed by atoms with van der Waals surface area (Å²) in [5.41, 5.74) is 0. The summed E-state index contributed by atoms with van der Waals surface area (Å²) in [6.07, 6.45) is 4.63. The van der Waals surface area contributed by atoms with Crippen molar-refractivity contribution in [1.82, 2.24) is 10.6 Å². The predicted molar refractivity (Wildman–Crippen MR) is 61.1 cm³/mol. The van der Waals surface area contributed by atoms with Crippen LogP contribution in [0.15, 0.2) is 12.2 Å². The molecular formula is C11H20N2O3. The van der Waals surface area contributed by atoms with Crippen LogP contribution in [0, 0.1) is 5.92 Å². The fourth-order valence-electron chi connectivity index (χ4n) is 1.62. The minimum absolute atomic E-state index is 0.0317. The van der Waals surface area contributed by atoms with Gasteiger partial charge in [-0.15, -0.1) is 0 Å². The lowest BCUT2D eigenvalue weighted by Gasteiger charge is -2.13. The number of hydrogen-bond donors (Lipinski definition) is 3. The average Bonchev–Trinajstić information content (AvgIpc) is 2.72. The van der Waals surface area contributed by atoms with Crippen LogP contribution in [0.25, 0.3) is 0 Å². The summed E-state index contributed by atoms with van der Waals surface area (Å²) in [6, 6.07) is -0.155. The molecule has 0 heterocycles. The van der Waals surface area contributed by atoms with E-state index in [4.69, 9.17) is 9.84 Å². The van der Waals surface area contributed by atoms with Crippen molar-refractivity contribution in [3.63, 3.8) is 0 Å². The molecule has 1 aliphatic rings. The minimum atomic E-state index is -0.187. The highest BCUT2D eigenvalue weighted by atomic mass is 16.5.